The van der Waals surface area contributed by atoms with E-state index in [-0.39, 0.29) is 5.92 Å². The van der Waals surface area contributed by atoms with Gasteiger partial charge in [-0.1, -0.05) is 29.4 Å². The number of methoxy groups -OCH3 is 1. The number of hydrogen-bond acceptors (Lipinski definition) is 5. The topological polar surface area (TPSA) is 80.5 Å². The minimum atomic E-state index is -0.826. The molecule has 2 amide bonds. The van der Waals surface area contributed by atoms with E-state index >= 15 is 0 Å². The number of benzene rings is 2. The van der Waals surface area contributed by atoms with Gasteiger partial charge in [-0.25, -0.2) is 13.6 Å². The molecule has 2 heterocycles. The Balaban J connectivity index is 1.35. The second-order valence-corrected chi connectivity index (χ2v) is 6.67. The van der Waals surface area contributed by atoms with Gasteiger partial charge in [0.2, 0.25) is 5.89 Å². The highest BCUT2D eigenvalue weighted by atomic mass is 19.1. The van der Waals surface area contributed by atoms with Crippen molar-refractivity contribution in [1.82, 2.24) is 15.0 Å². The van der Waals surface area contributed by atoms with Crippen molar-refractivity contribution >= 4 is 11.7 Å². The number of halogens is 2. The van der Waals surface area contributed by atoms with E-state index in [1.807, 2.05) is 24.3 Å². The molecule has 3 aromatic rings. The molecule has 0 spiro atoms. The molecule has 1 saturated heterocycles. The molecule has 1 aliphatic rings. The first-order valence-electron chi connectivity index (χ1n) is 8.99. The van der Waals surface area contributed by atoms with Crippen LogP contribution in [0.15, 0.2) is 47.0 Å². The third-order valence-corrected chi connectivity index (χ3v) is 4.74. The molecule has 4 rings (SSSR count). The number of amides is 2. The van der Waals surface area contributed by atoms with Crippen LogP contribution in [-0.4, -0.2) is 41.3 Å². The largest absolute Gasteiger partial charge is 0.496 e. The first-order valence-corrected chi connectivity index (χ1v) is 8.99. The number of rotatable bonds is 5. The Labute approximate surface area is 165 Å². The monoisotopic (exact) mass is 400 g/mol. The summed E-state index contributed by atoms with van der Waals surface area (Å²) in [6.45, 7) is 0.635. The van der Waals surface area contributed by atoms with Crippen molar-refractivity contribution in [2.24, 2.45) is 0 Å². The average Bonchev–Trinajstić information content (AvgIpc) is 3.12. The highest BCUT2D eigenvalue weighted by Gasteiger charge is 2.36. The number of nitrogens with zero attached hydrogens (tertiary/aromatic N) is 3. The summed E-state index contributed by atoms with van der Waals surface area (Å²) in [7, 11) is 1.60. The molecule has 1 fully saturated rings. The van der Waals surface area contributed by atoms with Crippen molar-refractivity contribution in [2.45, 2.75) is 12.3 Å². The standard InChI is InChI=1S/C20H18F2N4O3/c1-28-16-8-3-2-5-12(16)9-17-23-19(29-25-17)13-10-26(11-13)20(27)24-18-14(21)6-4-7-15(18)22/h2-8,13H,9-11H2,1H3,(H,24,27). The summed E-state index contributed by atoms with van der Waals surface area (Å²) in [6.07, 6.45) is 0.455. The predicted octanol–water partition coefficient (Wildman–Crippen LogP) is 3.58. The summed E-state index contributed by atoms with van der Waals surface area (Å²) in [5.41, 5.74) is 0.474. The lowest BCUT2D eigenvalue weighted by molar-refractivity contribution is 0.147. The molecule has 9 heteroatoms. The van der Waals surface area contributed by atoms with Gasteiger partial charge in [0, 0.05) is 25.1 Å². The molecular weight excluding hydrogens is 382 g/mol. The van der Waals surface area contributed by atoms with Gasteiger partial charge in [-0.2, -0.15) is 4.98 Å². The zero-order valence-corrected chi connectivity index (χ0v) is 15.6. The Morgan fingerprint density at radius 2 is 1.93 bits per heavy atom. The summed E-state index contributed by atoms with van der Waals surface area (Å²) in [5, 5.41) is 6.25. The maximum absolute atomic E-state index is 13.7. The number of likely N-dealkylation sites (tertiary alicyclic amines) is 1. The van der Waals surface area contributed by atoms with Crippen LogP contribution in [0, 0.1) is 11.6 Å². The molecule has 7 nitrogen and oxygen atoms in total. The molecule has 0 aliphatic carbocycles. The number of anilines is 1. The molecule has 0 bridgehead atoms. The van der Waals surface area contributed by atoms with Gasteiger partial charge in [0.15, 0.2) is 5.82 Å². The van der Waals surface area contributed by atoms with Gasteiger partial charge in [0.25, 0.3) is 0 Å². The number of aromatic nitrogens is 2. The van der Waals surface area contributed by atoms with E-state index in [0.29, 0.717) is 31.2 Å². The first kappa shape index (κ1) is 18.9. The minimum absolute atomic E-state index is 0.120. The van der Waals surface area contributed by atoms with Crippen LogP contribution in [0.25, 0.3) is 0 Å². The third kappa shape index (κ3) is 3.89. The van der Waals surface area contributed by atoms with Crippen LogP contribution in [0.4, 0.5) is 19.3 Å². The zero-order valence-electron chi connectivity index (χ0n) is 15.6. The van der Waals surface area contributed by atoms with E-state index in [2.05, 4.69) is 15.5 Å². The van der Waals surface area contributed by atoms with Crippen molar-refractivity contribution < 1.29 is 22.8 Å². The van der Waals surface area contributed by atoms with Crippen molar-refractivity contribution in [2.75, 3.05) is 25.5 Å². The fourth-order valence-electron chi connectivity index (χ4n) is 3.13. The minimum Gasteiger partial charge on any atom is -0.496 e. The molecule has 1 aliphatic heterocycles. The second kappa shape index (κ2) is 7.86. The molecule has 0 saturated carbocycles. The van der Waals surface area contributed by atoms with Gasteiger partial charge >= 0.3 is 6.03 Å². The Bertz CT molecular complexity index is 1010. The van der Waals surface area contributed by atoms with Crippen LogP contribution in [-0.2, 0) is 6.42 Å². The average molecular weight is 400 g/mol. The number of carbonyl (C=O) groups excluding carboxylic acids is 1. The Kier molecular flexibility index (Phi) is 5.11. The SMILES string of the molecule is COc1ccccc1Cc1noc(C2CN(C(=O)Nc3c(F)cccc3F)C2)n1. The van der Waals surface area contributed by atoms with Crippen molar-refractivity contribution in [3.05, 3.63) is 71.4 Å². The summed E-state index contributed by atoms with van der Waals surface area (Å²) in [5.74, 6) is -0.0886. The fraction of sp³-hybridized carbons (Fsp3) is 0.250. The van der Waals surface area contributed by atoms with Gasteiger partial charge in [-0.3, -0.25) is 0 Å². The Morgan fingerprint density at radius 3 is 2.66 bits per heavy atom. The smallest absolute Gasteiger partial charge is 0.322 e. The molecular formula is C20H18F2N4O3. The van der Waals surface area contributed by atoms with Crippen LogP contribution < -0.4 is 10.1 Å². The summed E-state index contributed by atoms with van der Waals surface area (Å²) in [4.78, 5) is 18.0. The maximum atomic E-state index is 13.7. The van der Waals surface area contributed by atoms with Crippen molar-refractivity contribution in [3.63, 3.8) is 0 Å². The second-order valence-electron chi connectivity index (χ2n) is 6.67. The molecule has 1 N–H and O–H groups in total. The van der Waals surface area contributed by atoms with Gasteiger partial charge in [-0.15, -0.1) is 0 Å². The first-order chi connectivity index (χ1) is 14.0. The number of para-hydroxylation sites is 2. The summed E-state index contributed by atoms with van der Waals surface area (Å²) < 4.78 is 38.0. The number of ether oxygens (including phenoxy) is 1. The van der Waals surface area contributed by atoms with E-state index in [1.54, 1.807) is 7.11 Å². The van der Waals surface area contributed by atoms with Gasteiger partial charge in [0.05, 0.1) is 13.0 Å². The van der Waals surface area contributed by atoms with E-state index < -0.39 is 23.4 Å². The van der Waals surface area contributed by atoms with Gasteiger partial charge in [0.1, 0.15) is 23.1 Å². The van der Waals surface area contributed by atoms with Crippen molar-refractivity contribution in [3.8, 4) is 5.75 Å². The molecule has 2 aromatic carbocycles. The Hall–Kier alpha value is -3.49. The molecule has 150 valence electrons. The Morgan fingerprint density at radius 1 is 1.21 bits per heavy atom. The third-order valence-electron chi connectivity index (χ3n) is 4.74. The van der Waals surface area contributed by atoms with Crippen LogP contribution in [0.2, 0.25) is 0 Å². The number of hydrogen-bond donors (Lipinski definition) is 1. The molecule has 0 unspecified atom stereocenters. The van der Waals surface area contributed by atoms with E-state index in [9.17, 15) is 13.6 Å². The predicted molar refractivity (Wildman–Crippen MR) is 99.8 cm³/mol. The quantitative estimate of drug-likeness (QED) is 0.708. The zero-order chi connectivity index (χ0) is 20.4. The highest BCUT2D eigenvalue weighted by Crippen LogP contribution is 2.28. The lowest BCUT2D eigenvalue weighted by Crippen LogP contribution is -2.50. The number of urea groups is 1. The van der Waals surface area contributed by atoms with E-state index in [4.69, 9.17) is 9.26 Å². The summed E-state index contributed by atoms with van der Waals surface area (Å²) in [6, 6.07) is 10.4. The number of carbonyl (C=O) groups is 1. The normalized spacial score (nSPS) is 13.8. The maximum Gasteiger partial charge on any atom is 0.322 e. The van der Waals surface area contributed by atoms with E-state index in [0.717, 1.165) is 23.4 Å². The lowest BCUT2D eigenvalue weighted by Gasteiger charge is -2.36. The van der Waals surface area contributed by atoms with Crippen LogP contribution in [0.5, 0.6) is 5.75 Å². The van der Waals surface area contributed by atoms with Crippen LogP contribution >= 0.6 is 0 Å². The molecule has 29 heavy (non-hydrogen) atoms. The molecule has 0 radical (unpaired) electrons. The van der Waals surface area contributed by atoms with Crippen LogP contribution in [0.1, 0.15) is 23.2 Å². The highest BCUT2D eigenvalue weighted by molar-refractivity contribution is 5.90. The van der Waals surface area contributed by atoms with Gasteiger partial charge in [-0.05, 0) is 18.2 Å². The lowest BCUT2D eigenvalue weighted by atomic mass is 10.0. The number of nitrogens with one attached hydrogen (secondary N) is 1. The fourth-order valence-corrected chi connectivity index (χ4v) is 3.13. The van der Waals surface area contributed by atoms with Crippen LogP contribution in [0.3, 0.4) is 0 Å². The summed E-state index contributed by atoms with van der Waals surface area (Å²) >= 11 is 0. The molecule has 0 atom stereocenters. The molecule has 1 aromatic heterocycles. The van der Waals surface area contributed by atoms with E-state index in [1.165, 1.54) is 11.0 Å². The van der Waals surface area contributed by atoms with Gasteiger partial charge < -0.3 is 19.5 Å². The van der Waals surface area contributed by atoms with Crippen molar-refractivity contribution in [1.29, 1.82) is 0 Å².